The van der Waals surface area contributed by atoms with Crippen LogP contribution in [0, 0.1) is 15.9 Å². The molecule has 0 saturated heterocycles. The number of nitro benzene ring substituents is 1. The third-order valence-electron chi connectivity index (χ3n) is 3.18. The first-order valence-corrected chi connectivity index (χ1v) is 8.82. The second kappa shape index (κ2) is 7.59. The first kappa shape index (κ1) is 21.4. The quantitative estimate of drug-likeness (QED) is 0.414. The predicted octanol–water partition coefficient (Wildman–Crippen LogP) is 3.90. The summed E-state index contributed by atoms with van der Waals surface area (Å²) < 4.78 is 73.9. The Labute approximate surface area is 159 Å². The number of nitro groups is 1. The Morgan fingerprint density at radius 2 is 1.79 bits per heavy atom. The highest BCUT2D eigenvalue weighted by Gasteiger charge is 2.46. The van der Waals surface area contributed by atoms with Gasteiger partial charge in [0.25, 0.3) is 11.6 Å². The summed E-state index contributed by atoms with van der Waals surface area (Å²) in [5.41, 5.74) is -7.61. The van der Waals surface area contributed by atoms with E-state index in [9.17, 15) is 40.9 Å². The van der Waals surface area contributed by atoms with Crippen molar-refractivity contribution in [3.05, 3.63) is 62.9 Å². The van der Waals surface area contributed by atoms with Crippen LogP contribution >= 0.6 is 11.6 Å². The van der Waals surface area contributed by atoms with Crippen LogP contribution in [-0.2, 0) is 10.0 Å². The van der Waals surface area contributed by atoms with Gasteiger partial charge in [-0.05, 0) is 30.3 Å². The Bertz CT molecular complexity index is 1060. The molecule has 28 heavy (non-hydrogen) atoms. The van der Waals surface area contributed by atoms with Crippen LogP contribution in [0.15, 0.2) is 36.4 Å². The van der Waals surface area contributed by atoms with Crippen LogP contribution in [0.3, 0.4) is 0 Å². The number of carbonyl (C=O) groups excluding carboxylic acids is 1. The van der Waals surface area contributed by atoms with Gasteiger partial charge in [-0.2, -0.15) is 21.6 Å². The van der Waals surface area contributed by atoms with Crippen molar-refractivity contribution in [1.29, 1.82) is 0 Å². The Hall–Kier alpha value is -2.93. The lowest BCUT2D eigenvalue weighted by atomic mass is 10.2. The molecule has 0 heterocycles. The molecule has 2 aromatic carbocycles. The fraction of sp³-hybridized carbons (Fsp3) is 0.0714. The molecule has 2 rings (SSSR count). The lowest BCUT2D eigenvalue weighted by molar-refractivity contribution is -0.384. The van der Waals surface area contributed by atoms with Crippen molar-refractivity contribution in [3.63, 3.8) is 0 Å². The highest BCUT2D eigenvalue weighted by Crippen LogP contribution is 2.28. The molecule has 0 atom stereocenters. The van der Waals surface area contributed by atoms with Gasteiger partial charge in [0.1, 0.15) is 10.8 Å². The van der Waals surface area contributed by atoms with E-state index in [1.807, 2.05) is 0 Å². The van der Waals surface area contributed by atoms with Crippen LogP contribution in [0.5, 0.6) is 0 Å². The fourth-order valence-corrected chi connectivity index (χ4v) is 2.63. The first-order chi connectivity index (χ1) is 12.8. The van der Waals surface area contributed by atoms with Gasteiger partial charge in [0.15, 0.2) is 0 Å². The molecule has 0 bridgehead atoms. The standard InChI is InChI=1S/C14H8ClF4N3O5S/c15-9-3-1-7(5-12(9)22(24)25)13(23)20-8-2-4-11(10(16)6-8)21-28(26,27)14(17,18)19/h1-6,21H,(H,20,23). The summed E-state index contributed by atoms with van der Waals surface area (Å²) in [6.45, 7) is 0. The van der Waals surface area contributed by atoms with Crippen molar-refractivity contribution in [3.8, 4) is 0 Å². The van der Waals surface area contributed by atoms with Crippen LogP contribution in [0.2, 0.25) is 5.02 Å². The average molecular weight is 442 g/mol. The third kappa shape index (κ3) is 4.67. The van der Waals surface area contributed by atoms with Crippen molar-refractivity contribution in [1.82, 2.24) is 0 Å². The van der Waals surface area contributed by atoms with E-state index < -0.39 is 43.6 Å². The molecule has 0 saturated carbocycles. The molecule has 2 aromatic rings. The monoisotopic (exact) mass is 441 g/mol. The van der Waals surface area contributed by atoms with Gasteiger partial charge in [-0.25, -0.2) is 4.39 Å². The number of halogens is 5. The molecule has 0 aromatic heterocycles. The Morgan fingerprint density at radius 3 is 2.32 bits per heavy atom. The van der Waals surface area contributed by atoms with E-state index in [4.69, 9.17) is 11.6 Å². The molecular weight excluding hydrogens is 434 g/mol. The van der Waals surface area contributed by atoms with E-state index in [0.717, 1.165) is 29.0 Å². The zero-order valence-corrected chi connectivity index (χ0v) is 14.8. The summed E-state index contributed by atoms with van der Waals surface area (Å²) in [4.78, 5) is 22.1. The molecule has 0 fully saturated rings. The average Bonchev–Trinajstić information content (AvgIpc) is 2.56. The van der Waals surface area contributed by atoms with E-state index in [1.54, 1.807) is 0 Å². The number of nitrogens with one attached hydrogen (secondary N) is 2. The lowest BCUT2D eigenvalue weighted by Crippen LogP contribution is -2.30. The molecule has 0 unspecified atom stereocenters. The molecular formula is C14H8ClF4N3O5S. The number of amides is 1. The summed E-state index contributed by atoms with van der Waals surface area (Å²) in [5, 5.41) is 12.8. The maximum Gasteiger partial charge on any atom is 0.516 e. The van der Waals surface area contributed by atoms with E-state index in [2.05, 4.69) is 5.32 Å². The lowest BCUT2D eigenvalue weighted by Gasteiger charge is -2.12. The van der Waals surface area contributed by atoms with Gasteiger partial charge in [-0.3, -0.25) is 19.6 Å². The zero-order chi connectivity index (χ0) is 21.3. The maximum atomic E-state index is 13.9. The minimum absolute atomic E-state index is 0.196. The molecule has 0 aliphatic rings. The van der Waals surface area contributed by atoms with Crippen molar-refractivity contribution in [2.75, 3.05) is 10.0 Å². The van der Waals surface area contributed by atoms with Crippen LogP contribution in [0.25, 0.3) is 0 Å². The van der Waals surface area contributed by atoms with Crippen LogP contribution in [0.1, 0.15) is 10.4 Å². The summed E-state index contributed by atoms with van der Waals surface area (Å²) in [6, 6.07) is 5.30. The first-order valence-electron chi connectivity index (χ1n) is 6.96. The summed E-state index contributed by atoms with van der Waals surface area (Å²) >= 11 is 5.62. The molecule has 1 amide bonds. The highest BCUT2D eigenvalue weighted by atomic mass is 35.5. The van der Waals surface area contributed by atoms with Crippen molar-refractivity contribution in [2.24, 2.45) is 0 Å². The molecule has 0 aliphatic heterocycles. The maximum absolute atomic E-state index is 13.9. The Kier molecular flexibility index (Phi) is 5.80. The number of carbonyl (C=O) groups is 1. The molecule has 14 heteroatoms. The molecule has 0 radical (unpaired) electrons. The van der Waals surface area contributed by atoms with E-state index in [-0.39, 0.29) is 16.3 Å². The molecule has 0 aliphatic carbocycles. The van der Waals surface area contributed by atoms with Gasteiger partial charge < -0.3 is 5.32 Å². The topological polar surface area (TPSA) is 118 Å². The van der Waals surface area contributed by atoms with Crippen molar-refractivity contribution < 1.29 is 35.7 Å². The van der Waals surface area contributed by atoms with Gasteiger partial charge in [0.05, 0.1) is 10.6 Å². The predicted molar refractivity (Wildman–Crippen MR) is 91.1 cm³/mol. The number of anilines is 2. The second-order valence-electron chi connectivity index (χ2n) is 5.12. The number of sulfonamides is 1. The van der Waals surface area contributed by atoms with Gasteiger partial charge in [-0.1, -0.05) is 11.6 Å². The van der Waals surface area contributed by atoms with Crippen LogP contribution in [0.4, 0.5) is 34.6 Å². The van der Waals surface area contributed by atoms with Crippen LogP contribution in [-0.4, -0.2) is 24.8 Å². The highest BCUT2D eigenvalue weighted by molar-refractivity contribution is 7.93. The molecule has 0 spiro atoms. The second-order valence-corrected chi connectivity index (χ2v) is 7.20. The Morgan fingerprint density at radius 1 is 1.14 bits per heavy atom. The van der Waals surface area contributed by atoms with Crippen molar-refractivity contribution >= 4 is 44.6 Å². The molecule has 8 nitrogen and oxygen atoms in total. The number of benzene rings is 2. The van der Waals surface area contributed by atoms with Gasteiger partial charge in [0.2, 0.25) is 0 Å². The SMILES string of the molecule is O=C(Nc1ccc(NS(=O)(=O)C(F)(F)F)c(F)c1)c1ccc(Cl)c([N+](=O)[O-])c1. The minimum atomic E-state index is -5.82. The molecule has 150 valence electrons. The van der Waals surface area contributed by atoms with E-state index in [1.165, 1.54) is 0 Å². The fourth-order valence-electron chi connectivity index (χ4n) is 1.88. The van der Waals surface area contributed by atoms with E-state index >= 15 is 0 Å². The summed E-state index contributed by atoms with van der Waals surface area (Å²) in [6.07, 6.45) is 0. The van der Waals surface area contributed by atoms with Crippen LogP contribution < -0.4 is 10.0 Å². The van der Waals surface area contributed by atoms with Gasteiger partial charge in [0, 0.05) is 17.3 Å². The minimum Gasteiger partial charge on any atom is -0.322 e. The largest absolute Gasteiger partial charge is 0.516 e. The number of hydrogen-bond acceptors (Lipinski definition) is 5. The number of alkyl halides is 3. The van der Waals surface area contributed by atoms with Gasteiger partial charge in [-0.15, -0.1) is 0 Å². The van der Waals surface area contributed by atoms with Crippen molar-refractivity contribution in [2.45, 2.75) is 5.51 Å². The Balaban J connectivity index is 2.22. The summed E-state index contributed by atoms with van der Waals surface area (Å²) in [7, 11) is -5.82. The molecule has 2 N–H and O–H groups in total. The zero-order valence-electron chi connectivity index (χ0n) is 13.3. The smallest absolute Gasteiger partial charge is 0.322 e. The normalized spacial score (nSPS) is 11.8. The number of hydrogen-bond donors (Lipinski definition) is 2. The number of nitrogens with zero attached hydrogens (tertiary/aromatic N) is 1. The summed E-state index contributed by atoms with van der Waals surface area (Å²) in [5.74, 6) is -2.30. The van der Waals surface area contributed by atoms with Gasteiger partial charge >= 0.3 is 15.5 Å². The third-order valence-corrected chi connectivity index (χ3v) is 4.60. The van der Waals surface area contributed by atoms with E-state index in [0.29, 0.717) is 12.1 Å². The number of rotatable bonds is 5.